The number of carbonyl (C=O) groups excluding carboxylic acids is 1. The van der Waals surface area contributed by atoms with E-state index in [0.717, 1.165) is 18.4 Å². The molecule has 0 bridgehead atoms. The monoisotopic (exact) mass is 385 g/mol. The van der Waals surface area contributed by atoms with Gasteiger partial charge in [0.15, 0.2) is 0 Å². The SMILES string of the molecule is CCCN(Cc1nc2ccc(F)cc2n1CCC)C(=O)c1ccc(C)c(F)c1. The second kappa shape index (κ2) is 8.50. The van der Waals surface area contributed by atoms with Gasteiger partial charge >= 0.3 is 0 Å². The van der Waals surface area contributed by atoms with Crippen molar-refractivity contribution >= 4 is 16.9 Å². The number of rotatable bonds is 7. The second-order valence-corrected chi connectivity index (χ2v) is 7.00. The molecule has 28 heavy (non-hydrogen) atoms. The number of hydrogen-bond donors (Lipinski definition) is 0. The highest BCUT2D eigenvalue weighted by Crippen LogP contribution is 2.21. The van der Waals surface area contributed by atoms with Gasteiger partial charge in [-0.25, -0.2) is 13.8 Å². The molecule has 0 atom stereocenters. The van der Waals surface area contributed by atoms with Crippen molar-refractivity contribution < 1.29 is 13.6 Å². The molecule has 3 aromatic rings. The maximum atomic E-state index is 13.9. The maximum Gasteiger partial charge on any atom is 0.254 e. The van der Waals surface area contributed by atoms with E-state index in [1.165, 1.54) is 18.2 Å². The fourth-order valence-electron chi connectivity index (χ4n) is 3.34. The molecule has 0 saturated heterocycles. The highest BCUT2D eigenvalue weighted by atomic mass is 19.1. The average Bonchev–Trinajstić information content (AvgIpc) is 3.00. The summed E-state index contributed by atoms with van der Waals surface area (Å²) in [6.45, 7) is 7.19. The maximum absolute atomic E-state index is 13.9. The summed E-state index contributed by atoms with van der Waals surface area (Å²) in [5.74, 6) is -0.234. The molecule has 1 heterocycles. The molecule has 1 aromatic heterocycles. The highest BCUT2D eigenvalue weighted by molar-refractivity contribution is 5.94. The number of aromatic nitrogens is 2. The molecule has 0 spiro atoms. The largest absolute Gasteiger partial charge is 0.331 e. The van der Waals surface area contributed by atoms with E-state index in [0.29, 0.717) is 42.1 Å². The van der Waals surface area contributed by atoms with Crippen LogP contribution < -0.4 is 0 Å². The summed E-state index contributed by atoms with van der Waals surface area (Å²) in [6.07, 6.45) is 1.63. The number of aryl methyl sites for hydroxylation is 2. The Balaban J connectivity index is 1.96. The lowest BCUT2D eigenvalue weighted by Gasteiger charge is -2.22. The van der Waals surface area contributed by atoms with Crippen molar-refractivity contribution in [3.05, 3.63) is 65.0 Å². The number of nitrogens with zero attached hydrogens (tertiary/aromatic N) is 3. The van der Waals surface area contributed by atoms with Crippen molar-refractivity contribution in [3.8, 4) is 0 Å². The predicted molar refractivity (Wildman–Crippen MR) is 106 cm³/mol. The Hall–Kier alpha value is -2.76. The van der Waals surface area contributed by atoms with E-state index >= 15 is 0 Å². The third-order valence-electron chi connectivity index (χ3n) is 4.77. The highest BCUT2D eigenvalue weighted by Gasteiger charge is 2.20. The molecule has 6 heteroatoms. The van der Waals surface area contributed by atoms with Crippen molar-refractivity contribution in [2.75, 3.05) is 6.54 Å². The number of hydrogen-bond acceptors (Lipinski definition) is 2. The molecule has 3 rings (SSSR count). The van der Waals surface area contributed by atoms with Crippen LogP contribution >= 0.6 is 0 Å². The van der Waals surface area contributed by atoms with Crippen molar-refractivity contribution in [3.63, 3.8) is 0 Å². The molecule has 148 valence electrons. The number of imidazole rings is 1. The van der Waals surface area contributed by atoms with Crippen molar-refractivity contribution in [2.24, 2.45) is 0 Å². The summed E-state index contributed by atoms with van der Waals surface area (Å²) in [5.41, 5.74) is 2.25. The van der Waals surface area contributed by atoms with Crippen molar-refractivity contribution in [1.29, 1.82) is 0 Å². The number of carbonyl (C=O) groups is 1. The van der Waals surface area contributed by atoms with Gasteiger partial charge in [-0.2, -0.15) is 0 Å². The minimum absolute atomic E-state index is 0.234. The van der Waals surface area contributed by atoms with Gasteiger partial charge in [0.25, 0.3) is 5.91 Å². The fraction of sp³-hybridized carbons (Fsp3) is 0.364. The van der Waals surface area contributed by atoms with Gasteiger partial charge in [-0.15, -0.1) is 0 Å². The first-order chi connectivity index (χ1) is 13.4. The zero-order chi connectivity index (χ0) is 20.3. The topological polar surface area (TPSA) is 38.1 Å². The van der Waals surface area contributed by atoms with Gasteiger partial charge in [0.05, 0.1) is 17.6 Å². The molecular weight excluding hydrogens is 360 g/mol. The summed E-state index contributed by atoms with van der Waals surface area (Å²) in [5, 5.41) is 0. The Morgan fingerprint density at radius 3 is 2.57 bits per heavy atom. The Morgan fingerprint density at radius 2 is 1.89 bits per heavy atom. The van der Waals surface area contributed by atoms with Gasteiger partial charge < -0.3 is 9.47 Å². The summed E-state index contributed by atoms with van der Waals surface area (Å²) >= 11 is 0. The van der Waals surface area contributed by atoms with Crippen LogP contribution in [0.15, 0.2) is 36.4 Å². The van der Waals surface area contributed by atoms with Gasteiger partial charge in [0.1, 0.15) is 17.5 Å². The Morgan fingerprint density at radius 1 is 1.11 bits per heavy atom. The summed E-state index contributed by atoms with van der Waals surface area (Å²) in [4.78, 5) is 19.3. The van der Waals surface area contributed by atoms with Crippen molar-refractivity contribution in [2.45, 2.75) is 46.7 Å². The lowest BCUT2D eigenvalue weighted by atomic mass is 10.1. The lowest BCUT2D eigenvalue weighted by molar-refractivity contribution is 0.0736. The van der Waals surface area contributed by atoms with E-state index in [1.54, 1.807) is 30.0 Å². The molecule has 1 amide bonds. The van der Waals surface area contributed by atoms with Crippen LogP contribution in [-0.4, -0.2) is 26.9 Å². The molecule has 4 nitrogen and oxygen atoms in total. The number of amides is 1. The minimum Gasteiger partial charge on any atom is -0.331 e. The quantitative estimate of drug-likeness (QED) is 0.568. The Bertz CT molecular complexity index is 997. The van der Waals surface area contributed by atoms with Crippen LogP contribution in [0.25, 0.3) is 11.0 Å². The number of halogens is 2. The van der Waals surface area contributed by atoms with Gasteiger partial charge in [-0.05, 0) is 55.7 Å². The third-order valence-corrected chi connectivity index (χ3v) is 4.77. The number of benzene rings is 2. The van der Waals surface area contributed by atoms with Gasteiger partial charge in [-0.1, -0.05) is 19.9 Å². The van der Waals surface area contributed by atoms with Crippen LogP contribution in [-0.2, 0) is 13.1 Å². The minimum atomic E-state index is -0.393. The molecule has 0 aliphatic rings. The molecule has 0 unspecified atom stereocenters. The first-order valence-electron chi connectivity index (χ1n) is 9.64. The standard InChI is InChI=1S/C22H25F2N3O/c1-4-10-26(22(28)16-7-6-15(3)18(24)12-16)14-21-25-19-9-8-17(23)13-20(19)27(21)11-5-2/h6-9,12-13H,4-5,10-11,14H2,1-3H3. The van der Waals surface area contributed by atoms with E-state index in [2.05, 4.69) is 4.98 Å². The van der Waals surface area contributed by atoms with Crippen LogP contribution in [0.5, 0.6) is 0 Å². The summed E-state index contributed by atoms with van der Waals surface area (Å²) in [7, 11) is 0. The number of fused-ring (bicyclic) bond motifs is 1. The van der Waals surface area contributed by atoms with E-state index in [4.69, 9.17) is 0 Å². The molecule has 0 saturated carbocycles. The fourth-order valence-corrected chi connectivity index (χ4v) is 3.34. The first kappa shape index (κ1) is 20.0. The zero-order valence-electron chi connectivity index (χ0n) is 16.5. The summed E-state index contributed by atoms with van der Waals surface area (Å²) < 4.78 is 29.6. The molecule has 2 aromatic carbocycles. The molecule has 0 aliphatic heterocycles. The predicted octanol–water partition coefficient (Wildman–Crippen LogP) is 5.09. The molecular formula is C22H25F2N3O. The van der Waals surface area contributed by atoms with Crippen LogP contribution in [0, 0.1) is 18.6 Å². The van der Waals surface area contributed by atoms with E-state index < -0.39 is 5.82 Å². The molecule has 0 aliphatic carbocycles. The van der Waals surface area contributed by atoms with Gasteiger partial charge in [0, 0.05) is 18.7 Å². The smallest absolute Gasteiger partial charge is 0.254 e. The Labute approximate surface area is 163 Å². The van der Waals surface area contributed by atoms with E-state index in [9.17, 15) is 13.6 Å². The van der Waals surface area contributed by atoms with Gasteiger partial charge in [-0.3, -0.25) is 4.79 Å². The third kappa shape index (κ3) is 4.06. The van der Waals surface area contributed by atoms with E-state index in [-0.39, 0.29) is 11.7 Å². The Kier molecular flexibility index (Phi) is 6.07. The lowest BCUT2D eigenvalue weighted by Crippen LogP contribution is -2.32. The van der Waals surface area contributed by atoms with Crippen LogP contribution in [0.3, 0.4) is 0 Å². The molecule has 0 radical (unpaired) electrons. The van der Waals surface area contributed by atoms with Crippen LogP contribution in [0.4, 0.5) is 8.78 Å². The van der Waals surface area contributed by atoms with Crippen LogP contribution in [0.1, 0.15) is 48.4 Å². The van der Waals surface area contributed by atoms with Crippen molar-refractivity contribution in [1.82, 2.24) is 14.5 Å². The zero-order valence-corrected chi connectivity index (χ0v) is 16.5. The van der Waals surface area contributed by atoms with Crippen LogP contribution in [0.2, 0.25) is 0 Å². The average molecular weight is 385 g/mol. The first-order valence-corrected chi connectivity index (χ1v) is 9.64. The molecule has 0 N–H and O–H groups in total. The summed E-state index contributed by atoms with van der Waals surface area (Å²) in [6, 6.07) is 9.06. The molecule has 0 fully saturated rings. The van der Waals surface area contributed by atoms with Gasteiger partial charge in [0.2, 0.25) is 0 Å². The van der Waals surface area contributed by atoms with E-state index in [1.807, 2.05) is 18.4 Å². The normalized spacial score (nSPS) is 11.2. The second-order valence-electron chi connectivity index (χ2n) is 7.00.